The minimum atomic E-state index is -0.829. The number of rotatable bonds is 6. The summed E-state index contributed by atoms with van der Waals surface area (Å²) in [6.45, 7) is 4.68. The highest BCUT2D eigenvalue weighted by molar-refractivity contribution is 5.73. The number of carbonyl (C=O) groups is 1. The van der Waals surface area contributed by atoms with E-state index in [1.807, 2.05) is 36.5 Å². The number of nitrogens with one attached hydrogen (secondary N) is 1. The predicted octanol–water partition coefficient (Wildman–Crippen LogP) is 3.70. The molecular formula is C26H26N4O2. The highest BCUT2D eigenvalue weighted by atomic mass is 16.4. The van der Waals surface area contributed by atoms with E-state index in [0.29, 0.717) is 0 Å². The van der Waals surface area contributed by atoms with Crippen LogP contribution in [-0.4, -0.2) is 51.5 Å². The van der Waals surface area contributed by atoms with E-state index in [2.05, 4.69) is 51.0 Å². The number of hydrogen-bond acceptors (Lipinski definition) is 4. The average Bonchev–Trinajstić information content (AvgIpc) is 3.18. The molecule has 2 aromatic heterocycles. The number of fused-ring (bicyclic) bond motifs is 1. The molecule has 2 N–H and O–H groups in total. The molecule has 0 atom stereocenters. The van der Waals surface area contributed by atoms with Crippen molar-refractivity contribution in [2.75, 3.05) is 26.2 Å². The molecule has 1 saturated heterocycles. The first-order valence-electron chi connectivity index (χ1n) is 11.0. The summed E-state index contributed by atoms with van der Waals surface area (Å²) < 4.78 is 2.07. The van der Waals surface area contributed by atoms with Crippen molar-refractivity contribution in [2.45, 2.75) is 13.0 Å². The summed E-state index contributed by atoms with van der Waals surface area (Å²) in [4.78, 5) is 18.6. The van der Waals surface area contributed by atoms with Gasteiger partial charge in [-0.2, -0.15) is 0 Å². The fourth-order valence-corrected chi connectivity index (χ4v) is 4.33. The van der Waals surface area contributed by atoms with Crippen molar-refractivity contribution in [2.24, 2.45) is 0 Å². The Kier molecular flexibility index (Phi) is 5.71. The highest BCUT2D eigenvalue weighted by Crippen LogP contribution is 2.29. The lowest BCUT2D eigenvalue weighted by molar-refractivity contribution is -0.136. The molecule has 6 heteroatoms. The van der Waals surface area contributed by atoms with Crippen LogP contribution in [0.4, 0.5) is 0 Å². The van der Waals surface area contributed by atoms with E-state index in [9.17, 15) is 9.90 Å². The molecule has 0 bridgehead atoms. The third-order valence-electron chi connectivity index (χ3n) is 5.98. The maximum Gasteiger partial charge on any atom is 0.307 e. The maximum absolute atomic E-state index is 11.2. The molecule has 0 aliphatic carbocycles. The molecule has 162 valence electrons. The van der Waals surface area contributed by atoms with Crippen molar-refractivity contribution in [3.05, 3.63) is 84.2 Å². The van der Waals surface area contributed by atoms with Gasteiger partial charge in [0.05, 0.1) is 17.8 Å². The zero-order chi connectivity index (χ0) is 21.9. The van der Waals surface area contributed by atoms with Gasteiger partial charge in [0.25, 0.3) is 0 Å². The van der Waals surface area contributed by atoms with E-state index in [0.717, 1.165) is 60.9 Å². The molecule has 1 aliphatic heterocycles. The van der Waals surface area contributed by atoms with Gasteiger partial charge in [-0.15, -0.1) is 0 Å². The van der Waals surface area contributed by atoms with Gasteiger partial charge >= 0.3 is 5.97 Å². The van der Waals surface area contributed by atoms with E-state index in [1.54, 1.807) is 0 Å². The van der Waals surface area contributed by atoms with E-state index in [4.69, 9.17) is 4.98 Å². The van der Waals surface area contributed by atoms with Crippen LogP contribution in [0.3, 0.4) is 0 Å². The summed E-state index contributed by atoms with van der Waals surface area (Å²) in [7, 11) is 0. The van der Waals surface area contributed by atoms with Crippen molar-refractivity contribution in [1.29, 1.82) is 0 Å². The van der Waals surface area contributed by atoms with Gasteiger partial charge in [-0.3, -0.25) is 9.69 Å². The zero-order valence-corrected chi connectivity index (χ0v) is 17.9. The quantitative estimate of drug-likeness (QED) is 0.492. The van der Waals surface area contributed by atoms with Crippen LogP contribution >= 0.6 is 0 Å². The fraction of sp³-hybridized carbons (Fsp3) is 0.231. The van der Waals surface area contributed by atoms with Crippen LogP contribution in [0.5, 0.6) is 0 Å². The molecule has 0 saturated carbocycles. The standard InChI is InChI=1S/C26H26N4O2/c31-25(32)16-19-6-11-24-28-26(23(30(24)17-19)18-29-14-12-27-13-15-29)22-9-7-21(8-10-22)20-4-2-1-3-5-20/h1-11,17,27H,12-16,18H2,(H,31,32). The van der Waals surface area contributed by atoms with E-state index >= 15 is 0 Å². The Hall–Kier alpha value is -3.48. The summed E-state index contributed by atoms with van der Waals surface area (Å²) >= 11 is 0. The Morgan fingerprint density at radius 1 is 0.906 bits per heavy atom. The number of hydrogen-bond donors (Lipinski definition) is 2. The predicted molar refractivity (Wildman–Crippen MR) is 126 cm³/mol. The van der Waals surface area contributed by atoms with Crippen molar-refractivity contribution >= 4 is 11.6 Å². The van der Waals surface area contributed by atoms with Crippen molar-refractivity contribution < 1.29 is 9.90 Å². The van der Waals surface area contributed by atoms with Gasteiger partial charge in [0.15, 0.2) is 0 Å². The first-order valence-corrected chi connectivity index (χ1v) is 11.0. The normalized spacial score (nSPS) is 14.6. The smallest absolute Gasteiger partial charge is 0.307 e. The average molecular weight is 427 g/mol. The summed E-state index contributed by atoms with van der Waals surface area (Å²) in [6, 6.07) is 22.6. The number of pyridine rings is 1. The number of aromatic nitrogens is 2. The topological polar surface area (TPSA) is 69.9 Å². The van der Waals surface area contributed by atoms with Gasteiger partial charge in [-0.25, -0.2) is 4.98 Å². The van der Waals surface area contributed by atoms with Crippen LogP contribution in [-0.2, 0) is 17.8 Å². The number of aliphatic carboxylic acids is 1. The Balaban J connectivity index is 1.56. The van der Waals surface area contributed by atoms with E-state index in [-0.39, 0.29) is 6.42 Å². The number of carboxylic acid groups (broad SMARTS) is 1. The van der Waals surface area contributed by atoms with Crippen molar-refractivity contribution in [3.63, 3.8) is 0 Å². The minimum Gasteiger partial charge on any atom is -0.481 e. The van der Waals surface area contributed by atoms with Crippen LogP contribution in [0.15, 0.2) is 72.9 Å². The van der Waals surface area contributed by atoms with Gasteiger partial charge < -0.3 is 14.8 Å². The third kappa shape index (κ3) is 4.28. The van der Waals surface area contributed by atoms with Crippen molar-refractivity contribution in [1.82, 2.24) is 19.6 Å². The lowest BCUT2D eigenvalue weighted by Gasteiger charge is -2.27. The molecule has 32 heavy (non-hydrogen) atoms. The third-order valence-corrected chi connectivity index (χ3v) is 5.98. The minimum absolute atomic E-state index is 0.00228. The molecule has 1 fully saturated rings. The van der Waals surface area contributed by atoms with Crippen LogP contribution in [0.1, 0.15) is 11.3 Å². The Bertz CT molecular complexity index is 1230. The monoisotopic (exact) mass is 426 g/mol. The second kappa shape index (κ2) is 8.94. The molecular weight excluding hydrogens is 400 g/mol. The Morgan fingerprint density at radius 3 is 2.31 bits per heavy atom. The van der Waals surface area contributed by atoms with E-state index < -0.39 is 5.97 Å². The second-order valence-corrected chi connectivity index (χ2v) is 8.21. The molecule has 0 radical (unpaired) electrons. The number of imidazole rings is 1. The number of piperazine rings is 1. The van der Waals surface area contributed by atoms with Crippen LogP contribution in [0, 0.1) is 0 Å². The molecule has 1 aliphatic rings. The Labute approximate surface area is 187 Å². The molecule has 5 rings (SSSR count). The van der Waals surface area contributed by atoms with Gasteiger partial charge in [0.1, 0.15) is 5.65 Å². The molecule has 2 aromatic carbocycles. The highest BCUT2D eigenvalue weighted by Gasteiger charge is 2.19. The largest absolute Gasteiger partial charge is 0.481 e. The summed E-state index contributed by atoms with van der Waals surface area (Å²) in [6.07, 6.45) is 1.93. The lowest BCUT2D eigenvalue weighted by atomic mass is 10.0. The Morgan fingerprint density at radius 2 is 1.59 bits per heavy atom. The van der Waals surface area contributed by atoms with Gasteiger partial charge in [-0.1, -0.05) is 60.7 Å². The molecule has 4 aromatic rings. The molecule has 0 amide bonds. The first-order chi connectivity index (χ1) is 15.7. The molecule has 0 spiro atoms. The second-order valence-electron chi connectivity index (χ2n) is 8.21. The summed E-state index contributed by atoms with van der Waals surface area (Å²) in [5.74, 6) is -0.829. The zero-order valence-electron chi connectivity index (χ0n) is 17.9. The van der Waals surface area contributed by atoms with Gasteiger partial charge in [-0.05, 0) is 22.8 Å². The molecule has 0 unspecified atom stereocenters. The summed E-state index contributed by atoms with van der Waals surface area (Å²) in [5.41, 5.74) is 7.09. The number of benzene rings is 2. The first kappa shape index (κ1) is 20.4. The number of nitrogens with zero attached hydrogens (tertiary/aromatic N) is 3. The van der Waals surface area contributed by atoms with Crippen molar-refractivity contribution in [3.8, 4) is 22.4 Å². The molecule has 6 nitrogen and oxygen atoms in total. The lowest BCUT2D eigenvalue weighted by Crippen LogP contribution is -2.43. The van der Waals surface area contributed by atoms with Crippen LogP contribution in [0.25, 0.3) is 28.0 Å². The number of carboxylic acids is 1. The van der Waals surface area contributed by atoms with Crippen LogP contribution in [0.2, 0.25) is 0 Å². The maximum atomic E-state index is 11.2. The fourth-order valence-electron chi connectivity index (χ4n) is 4.33. The van der Waals surface area contributed by atoms with Gasteiger partial charge in [0, 0.05) is 44.5 Å². The summed E-state index contributed by atoms with van der Waals surface area (Å²) in [5, 5.41) is 12.6. The van der Waals surface area contributed by atoms with Gasteiger partial charge in [0.2, 0.25) is 0 Å². The SMILES string of the molecule is O=C(O)Cc1ccc2nc(-c3ccc(-c4ccccc4)cc3)c(CN3CCNCC3)n2c1. The van der Waals surface area contributed by atoms with E-state index in [1.165, 1.54) is 11.1 Å². The van der Waals surface area contributed by atoms with Crippen LogP contribution < -0.4 is 5.32 Å². The molecule has 3 heterocycles.